The maximum Gasteiger partial charge on any atom is 0.416 e. The molecule has 4 aromatic rings. The molecule has 51 heavy (non-hydrogen) atoms. The number of pyridine rings is 1. The van der Waals surface area contributed by atoms with E-state index in [-0.39, 0.29) is 35.4 Å². The fourth-order valence-corrected chi connectivity index (χ4v) is 8.32. The number of piperazine rings is 1. The second-order valence-electron chi connectivity index (χ2n) is 12.8. The molecule has 0 aliphatic carbocycles. The van der Waals surface area contributed by atoms with E-state index >= 15 is 8.78 Å². The molecule has 1 unspecified atom stereocenters. The number of alkyl halides is 3. The predicted molar refractivity (Wildman–Crippen MR) is 187 cm³/mol. The molecule has 13 heteroatoms. The van der Waals surface area contributed by atoms with Crippen molar-refractivity contribution in [2.24, 2.45) is 0 Å². The van der Waals surface area contributed by atoms with Gasteiger partial charge in [0.2, 0.25) is 5.91 Å². The molecule has 3 aromatic carbocycles. The summed E-state index contributed by atoms with van der Waals surface area (Å²) in [7, 11) is 1.30. The maximum atomic E-state index is 15.7. The monoisotopic (exact) mass is 726 g/mol. The highest BCUT2D eigenvalue weighted by atomic mass is 32.2. The lowest BCUT2D eigenvalue weighted by Crippen LogP contribution is -2.51. The Balaban J connectivity index is 1.24. The van der Waals surface area contributed by atoms with Crippen molar-refractivity contribution in [1.29, 1.82) is 0 Å². The molecule has 1 aromatic heterocycles. The highest BCUT2D eigenvalue weighted by Gasteiger charge is 2.37. The molecule has 3 heterocycles. The Kier molecular flexibility index (Phi) is 11.2. The van der Waals surface area contributed by atoms with Crippen LogP contribution in [0.5, 0.6) is 5.75 Å². The zero-order valence-corrected chi connectivity index (χ0v) is 29.2. The molecule has 1 N–H and O–H groups in total. The number of aromatic nitrogens is 1. The first kappa shape index (κ1) is 36.6. The molecule has 1 atom stereocenters. The smallest absolute Gasteiger partial charge is 0.416 e. The van der Waals surface area contributed by atoms with Crippen LogP contribution >= 0.6 is 11.8 Å². The third-order valence-electron chi connectivity index (χ3n) is 9.62. The summed E-state index contributed by atoms with van der Waals surface area (Å²) in [4.78, 5) is 31.2. The summed E-state index contributed by atoms with van der Waals surface area (Å²) in [5.74, 6) is -1.45. The molecule has 2 aliphatic heterocycles. The van der Waals surface area contributed by atoms with Crippen molar-refractivity contribution in [3.05, 3.63) is 117 Å². The van der Waals surface area contributed by atoms with E-state index in [9.17, 15) is 22.8 Å². The minimum absolute atomic E-state index is 0.00523. The number of hydrogen-bond acceptors (Lipinski definition) is 6. The molecule has 1 saturated heterocycles. The minimum Gasteiger partial charge on any atom is -0.494 e. The van der Waals surface area contributed by atoms with E-state index in [0.29, 0.717) is 61.2 Å². The summed E-state index contributed by atoms with van der Waals surface area (Å²) in [6.07, 6.45) is -4.49. The molecular weight excluding hydrogens is 687 g/mol. The topological polar surface area (TPSA) is 66.8 Å². The molecule has 0 saturated carbocycles. The minimum atomic E-state index is -4.80. The Morgan fingerprint density at radius 2 is 1.65 bits per heavy atom. The first-order valence-electron chi connectivity index (χ1n) is 16.8. The number of benzene rings is 3. The lowest BCUT2D eigenvalue weighted by Gasteiger charge is -2.35. The van der Waals surface area contributed by atoms with Gasteiger partial charge in [0.15, 0.2) is 11.6 Å². The number of methoxy groups -OCH3 is 1. The third-order valence-corrected chi connectivity index (χ3v) is 10.9. The molecule has 2 aliphatic rings. The van der Waals surface area contributed by atoms with Crippen molar-refractivity contribution in [2.75, 3.05) is 58.7 Å². The summed E-state index contributed by atoms with van der Waals surface area (Å²) in [6, 6.07) is 16.8. The van der Waals surface area contributed by atoms with Gasteiger partial charge in [0.1, 0.15) is 5.82 Å². The van der Waals surface area contributed by atoms with Gasteiger partial charge in [-0.15, -0.1) is 11.8 Å². The van der Waals surface area contributed by atoms with Crippen molar-refractivity contribution < 1.29 is 31.5 Å². The van der Waals surface area contributed by atoms with Crippen molar-refractivity contribution in [1.82, 2.24) is 19.7 Å². The van der Waals surface area contributed by atoms with E-state index in [2.05, 4.69) is 15.1 Å². The van der Waals surface area contributed by atoms with Crippen LogP contribution < -0.4 is 15.6 Å². The van der Waals surface area contributed by atoms with Crippen LogP contribution in [-0.4, -0.2) is 79.0 Å². The maximum absolute atomic E-state index is 15.7. The summed E-state index contributed by atoms with van der Waals surface area (Å²) < 4.78 is 79.8. The van der Waals surface area contributed by atoms with Crippen LogP contribution in [0.2, 0.25) is 0 Å². The average Bonchev–Trinajstić information content (AvgIpc) is 3.52. The number of ether oxygens (including phenoxy) is 1. The van der Waals surface area contributed by atoms with Crippen LogP contribution in [0.3, 0.4) is 0 Å². The first-order chi connectivity index (χ1) is 24.5. The van der Waals surface area contributed by atoms with Gasteiger partial charge < -0.3 is 10.1 Å². The number of nitrogens with one attached hydrogen (secondary N) is 1. The van der Waals surface area contributed by atoms with Gasteiger partial charge >= 0.3 is 6.18 Å². The van der Waals surface area contributed by atoms with Crippen LogP contribution in [0.15, 0.2) is 76.6 Å². The number of thioether (sulfide) groups is 1. The van der Waals surface area contributed by atoms with Crippen LogP contribution in [0.4, 0.5) is 22.0 Å². The van der Waals surface area contributed by atoms with Gasteiger partial charge in [-0.05, 0) is 48.2 Å². The van der Waals surface area contributed by atoms with Crippen LogP contribution in [-0.2, 0) is 23.8 Å². The number of halogens is 5. The Hall–Kier alpha value is -4.20. The Morgan fingerprint density at radius 3 is 2.35 bits per heavy atom. The molecule has 0 radical (unpaired) electrons. The molecule has 0 spiro atoms. The first-order valence-corrected chi connectivity index (χ1v) is 17.8. The molecule has 1 amide bonds. The SMILES string of the molecule is COc1cccc(-c2c(C)c(Cc3c(F)cccc3C(F)(F)F)c3n(c2=O)C(CN2CCN(CC(=O)NCCc4ccccc4)CC2)CS3)c1F. The summed E-state index contributed by atoms with van der Waals surface area (Å²) in [5.41, 5.74) is -0.340. The number of rotatable bonds is 11. The molecule has 7 nitrogen and oxygen atoms in total. The summed E-state index contributed by atoms with van der Waals surface area (Å²) >= 11 is 1.34. The van der Waals surface area contributed by atoms with Gasteiger partial charge in [0.05, 0.1) is 35.8 Å². The summed E-state index contributed by atoms with van der Waals surface area (Å²) in [6.45, 7) is 5.43. The lowest BCUT2D eigenvalue weighted by molar-refractivity contribution is -0.138. The molecule has 270 valence electrons. The van der Waals surface area contributed by atoms with E-state index in [1.807, 2.05) is 30.3 Å². The van der Waals surface area contributed by atoms with Crippen molar-refractivity contribution >= 4 is 17.7 Å². The van der Waals surface area contributed by atoms with Crippen LogP contribution in [0.1, 0.15) is 33.9 Å². The highest BCUT2D eigenvalue weighted by Crippen LogP contribution is 2.42. The van der Waals surface area contributed by atoms with Gasteiger partial charge in [-0.1, -0.05) is 48.5 Å². The quantitative estimate of drug-likeness (QED) is 0.182. The number of hydrogen-bond donors (Lipinski definition) is 1. The fourth-order valence-electron chi connectivity index (χ4n) is 6.95. The third kappa shape index (κ3) is 8.00. The largest absolute Gasteiger partial charge is 0.494 e. The molecule has 1 fully saturated rings. The van der Waals surface area contributed by atoms with Crippen molar-refractivity contribution in [3.63, 3.8) is 0 Å². The van der Waals surface area contributed by atoms with Crippen molar-refractivity contribution in [3.8, 4) is 16.9 Å². The van der Waals surface area contributed by atoms with Crippen LogP contribution in [0, 0.1) is 18.6 Å². The molecule has 0 bridgehead atoms. The predicted octanol–water partition coefficient (Wildman–Crippen LogP) is 6.34. The Labute approximate surface area is 297 Å². The van der Waals surface area contributed by atoms with Crippen molar-refractivity contribution in [2.45, 2.75) is 37.0 Å². The number of nitrogens with zero attached hydrogens (tertiary/aromatic N) is 3. The van der Waals surface area contributed by atoms with Gasteiger partial charge in [0, 0.05) is 62.6 Å². The van der Waals surface area contributed by atoms with E-state index in [1.54, 1.807) is 17.6 Å². The normalized spacial score (nSPS) is 16.6. The van der Waals surface area contributed by atoms with Gasteiger partial charge in [-0.25, -0.2) is 8.78 Å². The highest BCUT2D eigenvalue weighted by molar-refractivity contribution is 7.99. The lowest BCUT2D eigenvalue weighted by atomic mass is 9.92. The fraction of sp³-hybridized carbons (Fsp3) is 0.368. The van der Waals surface area contributed by atoms with Crippen LogP contribution in [0.25, 0.3) is 11.1 Å². The molecule has 6 rings (SSSR count). The van der Waals surface area contributed by atoms with E-state index in [4.69, 9.17) is 4.74 Å². The average molecular weight is 727 g/mol. The zero-order chi connectivity index (χ0) is 36.3. The number of carbonyl (C=O) groups is 1. The standard InChI is InChI=1S/C38H39F5N4O3S/c1-24-28(20-29-30(38(41,42)43)11-7-12-31(29)39)37-47(36(49)34(24)27-10-6-13-32(50-2)35(27)40)26(23-51-37)21-45-16-18-46(19-17-45)22-33(48)44-15-14-25-8-4-3-5-9-25/h3-13,26H,14-23H2,1-2H3,(H,44,48). The Bertz CT molecular complexity index is 1940. The number of carbonyl (C=O) groups excluding carboxylic acids is 1. The zero-order valence-electron chi connectivity index (χ0n) is 28.4. The van der Waals surface area contributed by atoms with Gasteiger partial charge in [-0.2, -0.15) is 13.2 Å². The number of amides is 1. The van der Waals surface area contributed by atoms with E-state index in [1.165, 1.54) is 31.0 Å². The second kappa shape index (κ2) is 15.6. The molecular formula is C38H39F5N4O3S. The summed E-state index contributed by atoms with van der Waals surface area (Å²) in [5, 5.41) is 3.44. The second-order valence-corrected chi connectivity index (χ2v) is 13.9. The van der Waals surface area contributed by atoms with Gasteiger partial charge in [0.25, 0.3) is 5.56 Å². The van der Waals surface area contributed by atoms with Gasteiger partial charge in [-0.3, -0.25) is 24.0 Å². The number of fused-ring (bicyclic) bond motifs is 1. The van der Waals surface area contributed by atoms with E-state index in [0.717, 1.165) is 30.2 Å². The van der Waals surface area contributed by atoms with E-state index < -0.39 is 40.9 Å². The Morgan fingerprint density at radius 1 is 0.941 bits per heavy atom.